The summed E-state index contributed by atoms with van der Waals surface area (Å²) >= 11 is 0. The Hall–Kier alpha value is -2.93. The molecule has 0 aliphatic carbocycles. The Balaban J connectivity index is 1.33. The summed E-state index contributed by atoms with van der Waals surface area (Å²) in [5.41, 5.74) is 3.45. The van der Waals surface area contributed by atoms with Crippen LogP contribution in [0.3, 0.4) is 0 Å². The highest BCUT2D eigenvalue weighted by atomic mass is 16.5. The van der Waals surface area contributed by atoms with Crippen LogP contribution in [-0.2, 0) is 22.6 Å². The molecule has 0 saturated carbocycles. The van der Waals surface area contributed by atoms with Crippen molar-refractivity contribution in [3.05, 3.63) is 95.4 Å². The van der Waals surface area contributed by atoms with Crippen LogP contribution in [0.2, 0.25) is 0 Å². The van der Waals surface area contributed by atoms with Crippen molar-refractivity contribution >= 4 is 5.91 Å². The van der Waals surface area contributed by atoms with Crippen LogP contribution in [0.25, 0.3) is 0 Å². The summed E-state index contributed by atoms with van der Waals surface area (Å²) < 4.78 is 11.0. The number of hydrogen-bond donors (Lipinski definition) is 2. The molecule has 1 saturated heterocycles. The van der Waals surface area contributed by atoms with Crippen molar-refractivity contribution in [3.63, 3.8) is 0 Å². The third-order valence-electron chi connectivity index (χ3n) is 5.52. The average Bonchev–Trinajstić information content (AvgIpc) is 3.35. The highest BCUT2D eigenvalue weighted by Crippen LogP contribution is 2.22. The Morgan fingerprint density at radius 2 is 1.68 bits per heavy atom. The lowest BCUT2D eigenvalue weighted by Crippen LogP contribution is -2.37. The lowest BCUT2D eigenvalue weighted by Gasteiger charge is -2.27. The van der Waals surface area contributed by atoms with Crippen molar-refractivity contribution in [2.45, 2.75) is 19.1 Å². The van der Waals surface area contributed by atoms with Crippen molar-refractivity contribution in [2.75, 3.05) is 32.8 Å². The number of rotatable bonds is 9. The minimum atomic E-state index is -0.171. The lowest BCUT2D eigenvalue weighted by molar-refractivity contribution is -0.120. The van der Waals surface area contributed by atoms with Gasteiger partial charge in [0.25, 0.3) is 0 Å². The fraction of sp³-hybridized carbons (Fsp3) is 0.320. The van der Waals surface area contributed by atoms with Crippen LogP contribution in [0.5, 0.6) is 0 Å². The molecule has 31 heavy (non-hydrogen) atoms. The molecular formula is C25H29N3O3. The predicted octanol–water partition coefficient (Wildman–Crippen LogP) is 3.11. The van der Waals surface area contributed by atoms with E-state index in [9.17, 15) is 4.79 Å². The number of amides is 1. The van der Waals surface area contributed by atoms with E-state index in [1.165, 1.54) is 5.56 Å². The van der Waals surface area contributed by atoms with Crippen molar-refractivity contribution in [2.24, 2.45) is 0 Å². The molecule has 1 atom stereocenters. The number of hydrogen-bond acceptors (Lipinski definition) is 5. The van der Waals surface area contributed by atoms with Crippen molar-refractivity contribution in [1.29, 1.82) is 0 Å². The maximum absolute atomic E-state index is 12.6. The van der Waals surface area contributed by atoms with E-state index in [1.807, 2.05) is 48.5 Å². The zero-order chi connectivity index (χ0) is 21.3. The quantitative estimate of drug-likeness (QED) is 0.558. The Bertz CT molecular complexity index is 938. The molecular weight excluding hydrogens is 390 g/mol. The topological polar surface area (TPSA) is 66.7 Å². The molecule has 2 aromatic carbocycles. The van der Waals surface area contributed by atoms with Crippen LogP contribution < -0.4 is 10.6 Å². The van der Waals surface area contributed by atoms with Gasteiger partial charge < -0.3 is 14.5 Å². The number of carbonyl (C=O) groups excluding carboxylic acids is 1. The maximum Gasteiger partial charge on any atom is 0.234 e. The number of nitrogens with one attached hydrogen (secondary N) is 2. The van der Waals surface area contributed by atoms with Gasteiger partial charge in [0, 0.05) is 26.2 Å². The normalized spacial score (nSPS) is 15.5. The number of ether oxygens (including phenoxy) is 1. The van der Waals surface area contributed by atoms with E-state index in [1.54, 1.807) is 6.26 Å². The first-order chi connectivity index (χ1) is 15.3. The van der Waals surface area contributed by atoms with E-state index in [0.717, 1.165) is 49.7 Å². The standard InChI is InChI=1S/C25H29N3O3/c29-24(18-27-25(23-11-6-14-31-23)20-7-2-1-3-8-20)26-17-21-9-4-5-10-22(21)19-28-12-15-30-16-13-28/h1-11,14,25,27H,12-13,15-19H2,(H,26,29)/t25-/m0/s1. The SMILES string of the molecule is O=C(CN[C@@H](c1ccccc1)c1ccco1)NCc1ccccc1CN1CCOCC1. The molecule has 3 aromatic rings. The molecule has 1 aromatic heterocycles. The van der Waals surface area contributed by atoms with Crippen LogP contribution in [0.4, 0.5) is 0 Å². The summed E-state index contributed by atoms with van der Waals surface area (Å²) in [7, 11) is 0. The molecule has 0 spiro atoms. The smallest absolute Gasteiger partial charge is 0.234 e. The summed E-state index contributed by atoms with van der Waals surface area (Å²) in [5.74, 6) is 0.739. The van der Waals surface area contributed by atoms with E-state index in [2.05, 4.69) is 33.7 Å². The summed E-state index contributed by atoms with van der Waals surface area (Å²) in [6.07, 6.45) is 1.65. The van der Waals surface area contributed by atoms with Gasteiger partial charge in [0.2, 0.25) is 5.91 Å². The average molecular weight is 420 g/mol. The first-order valence-corrected chi connectivity index (χ1v) is 10.7. The van der Waals surface area contributed by atoms with Crippen molar-refractivity contribution in [3.8, 4) is 0 Å². The largest absolute Gasteiger partial charge is 0.467 e. The molecule has 1 aliphatic rings. The van der Waals surface area contributed by atoms with E-state index in [4.69, 9.17) is 9.15 Å². The van der Waals surface area contributed by atoms with Gasteiger partial charge in [-0.1, -0.05) is 54.6 Å². The first-order valence-electron chi connectivity index (χ1n) is 10.7. The monoisotopic (exact) mass is 419 g/mol. The molecule has 0 unspecified atom stereocenters. The van der Waals surface area contributed by atoms with Gasteiger partial charge in [0.15, 0.2) is 0 Å². The van der Waals surface area contributed by atoms with Crippen LogP contribution in [0, 0.1) is 0 Å². The second-order valence-electron chi connectivity index (χ2n) is 7.67. The van der Waals surface area contributed by atoms with Gasteiger partial charge in [0.05, 0.1) is 32.1 Å². The van der Waals surface area contributed by atoms with Gasteiger partial charge in [-0.3, -0.25) is 15.0 Å². The maximum atomic E-state index is 12.6. The van der Waals surface area contributed by atoms with Crippen LogP contribution >= 0.6 is 0 Å². The molecule has 4 rings (SSSR count). The van der Waals surface area contributed by atoms with E-state index >= 15 is 0 Å². The Morgan fingerprint density at radius 3 is 2.42 bits per heavy atom. The fourth-order valence-corrected chi connectivity index (χ4v) is 3.82. The van der Waals surface area contributed by atoms with Gasteiger partial charge in [-0.05, 0) is 28.8 Å². The first kappa shape index (κ1) is 21.3. The molecule has 2 heterocycles. The molecule has 1 aliphatic heterocycles. The molecule has 6 nitrogen and oxygen atoms in total. The zero-order valence-corrected chi connectivity index (χ0v) is 17.6. The number of carbonyl (C=O) groups is 1. The van der Waals surface area contributed by atoms with Crippen LogP contribution in [-0.4, -0.2) is 43.7 Å². The molecule has 162 valence electrons. The van der Waals surface area contributed by atoms with E-state index in [-0.39, 0.29) is 18.5 Å². The molecule has 0 bridgehead atoms. The lowest BCUT2D eigenvalue weighted by atomic mass is 10.0. The second-order valence-corrected chi connectivity index (χ2v) is 7.67. The minimum absolute atomic E-state index is 0.0475. The zero-order valence-electron chi connectivity index (χ0n) is 17.6. The Kier molecular flexibility index (Phi) is 7.50. The summed E-state index contributed by atoms with van der Waals surface area (Å²) in [4.78, 5) is 15.0. The fourth-order valence-electron chi connectivity index (χ4n) is 3.82. The van der Waals surface area contributed by atoms with Gasteiger partial charge in [0.1, 0.15) is 5.76 Å². The van der Waals surface area contributed by atoms with Crippen molar-refractivity contribution in [1.82, 2.24) is 15.5 Å². The van der Waals surface area contributed by atoms with E-state index in [0.29, 0.717) is 6.54 Å². The summed E-state index contributed by atoms with van der Waals surface area (Å²) in [5, 5.41) is 6.38. The molecule has 1 amide bonds. The summed E-state index contributed by atoms with van der Waals surface area (Å²) in [6, 6.07) is 21.9. The molecule has 1 fully saturated rings. The van der Waals surface area contributed by atoms with Gasteiger partial charge >= 0.3 is 0 Å². The predicted molar refractivity (Wildman–Crippen MR) is 119 cm³/mol. The highest BCUT2D eigenvalue weighted by molar-refractivity contribution is 5.78. The third-order valence-corrected chi connectivity index (χ3v) is 5.52. The van der Waals surface area contributed by atoms with Gasteiger partial charge in [-0.25, -0.2) is 0 Å². The summed E-state index contributed by atoms with van der Waals surface area (Å²) in [6.45, 7) is 5.04. The molecule has 0 radical (unpaired) electrons. The Labute approximate surface area is 183 Å². The molecule has 6 heteroatoms. The van der Waals surface area contributed by atoms with Gasteiger partial charge in [-0.2, -0.15) is 0 Å². The number of morpholine rings is 1. The number of benzene rings is 2. The minimum Gasteiger partial charge on any atom is -0.467 e. The van der Waals surface area contributed by atoms with Crippen molar-refractivity contribution < 1.29 is 13.9 Å². The third kappa shape index (κ3) is 6.04. The highest BCUT2D eigenvalue weighted by Gasteiger charge is 2.18. The van der Waals surface area contributed by atoms with Gasteiger partial charge in [-0.15, -0.1) is 0 Å². The second kappa shape index (κ2) is 10.9. The number of nitrogens with zero attached hydrogens (tertiary/aromatic N) is 1. The Morgan fingerprint density at radius 1 is 0.935 bits per heavy atom. The van der Waals surface area contributed by atoms with Crippen LogP contribution in [0.15, 0.2) is 77.4 Å². The number of furan rings is 1. The molecule has 2 N–H and O–H groups in total. The van der Waals surface area contributed by atoms with E-state index < -0.39 is 0 Å². The van der Waals surface area contributed by atoms with Crippen LogP contribution in [0.1, 0.15) is 28.5 Å².